The Bertz CT molecular complexity index is 1010. The van der Waals surface area contributed by atoms with Crippen LogP contribution in [0.4, 0.5) is 0 Å². The van der Waals surface area contributed by atoms with Crippen LogP contribution in [-0.4, -0.2) is 20.0 Å². The molecule has 0 spiro atoms. The molecule has 0 N–H and O–H groups in total. The van der Waals surface area contributed by atoms with Crippen LogP contribution >= 0.6 is 15.9 Å². The third-order valence-electron chi connectivity index (χ3n) is 3.85. The molecule has 5 nitrogen and oxygen atoms in total. The number of aromatic nitrogens is 1. The van der Waals surface area contributed by atoms with Crippen molar-refractivity contribution in [2.45, 2.75) is 25.2 Å². The summed E-state index contributed by atoms with van der Waals surface area (Å²) in [4.78, 5) is 4.61. The minimum absolute atomic E-state index is 0.00150. The smallest absolute Gasteiger partial charge is 0.296 e. The fraction of sp³-hybridized carbons (Fsp3) is 0.211. The van der Waals surface area contributed by atoms with Gasteiger partial charge in [0.2, 0.25) is 5.89 Å². The topological polar surface area (TPSA) is 69.4 Å². The van der Waals surface area contributed by atoms with Crippen molar-refractivity contribution in [3.63, 3.8) is 0 Å². The van der Waals surface area contributed by atoms with E-state index in [0.717, 1.165) is 15.6 Å². The molecule has 0 aliphatic carbocycles. The van der Waals surface area contributed by atoms with Crippen LogP contribution in [0.15, 0.2) is 62.3 Å². The highest BCUT2D eigenvalue weighted by molar-refractivity contribution is 9.10. The molecule has 1 aromatic heterocycles. The zero-order valence-electron chi connectivity index (χ0n) is 14.4. The standard InChI is InChI=1S/C19H18BrNO4S/c1-13-6-8-17(9-7-13)26(22,23)24-11-10-18-14(2)25-19(21-18)15-4-3-5-16(20)12-15/h3-9,12H,10-11H2,1-2H3. The van der Waals surface area contributed by atoms with Crippen LogP contribution in [0.1, 0.15) is 17.0 Å². The quantitative estimate of drug-likeness (QED) is 0.526. The van der Waals surface area contributed by atoms with Crippen molar-refractivity contribution in [2.75, 3.05) is 6.61 Å². The van der Waals surface area contributed by atoms with Crippen molar-refractivity contribution in [1.29, 1.82) is 0 Å². The molecular weight excluding hydrogens is 418 g/mol. The van der Waals surface area contributed by atoms with Crippen molar-refractivity contribution in [1.82, 2.24) is 4.98 Å². The van der Waals surface area contributed by atoms with E-state index in [1.165, 1.54) is 12.1 Å². The van der Waals surface area contributed by atoms with E-state index in [1.54, 1.807) is 19.1 Å². The second kappa shape index (κ2) is 7.73. The van der Waals surface area contributed by atoms with Crippen molar-refractivity contribution in [3.05, 3.63) is 70.0 Å². The van der Waals surface area contributed by atoms with Gasteiger partial charge in [-0.05, 0) is 44.2 Å². The lowest BCUT2D eigenvalue weighted by Gasteiger charge is -2.05. The summed E-state index contributed by atoms with van der Waals surface area (Å²) in [6, 6.07) is 14.2. The van der Waals surface area contributed by atoms with Gasteiger partial charge in [0.15, 0.2) is 0 Å². The predicted molar refractivity (Wildman–Crippen MR) is 102 cm³/mol. The number of nitrogens with zero attached hydrogens (tertiary/aromatic N) is 1. The van der Waals surface area contributed by atoms with E-state index in [1.807, 2.05) is 31.2 Å². The fourth-order valence-electron chi connectivity index (χ4n) is 2.43. The fourth-order valence-corrected chi connectivity index (χ4v) is 3.73. The van der Waals surface area contributed by atoms with E-state index in [4.69, 9.17) is 8.60 Å². The zero-order chi connectivity index (χ0) is 18.7. The molecule has 0 atom stereocenters. The first kappa shape index (κ1) is 18.8. The summed E-state index contributed by atoms with van der Waals surface area (Å²) in [5.41, 5.74) is 2.52. The van der Waals surface area contributed by atoms with Crippen molar-refractivity contribution < 1.29 is 17.0 Å². The van der Waals surface area contributed by atoms with E-state index in [-0.39, 0.29) is 11.5 Å². The van der Waals surface area contributed by atoms with Crippen LogP contribution in [0.5, 0.6) is 0 Å². The molecule has 0 unspecified atom stereocenters. The molecule has 26 heavy (non-hydrogen) atoms. The predicted octanol–water partition coefficient (Wildman–Crippen LogP) is 4.67. The first-order valence-electron chi connectivity index (χ1n) is 8.03. The van der Waals surface area contributed by atoms with Crippen LogP contribution < -0.4 is 0 Å². The molecule has 136 valence electrons. The number of halogens is 1. The molecule has 0 radical (unpaired) electrons. The minimum atomic E-state index is -3.78. The number of oxazole rings is 1. The lowest BCUT2D eigenvalue weighted by Crippen LogP contribution is -2.09. The lowest BCUT2D eigenvalue weighted by molar-refractivity contribution is 0.320. The highest BCUT2D eigenvalue weighted by atomic mass is 79.9. The maximum absolute atomic E-state index is 12.2. The number of aryl methyl sites for hydroxylation is 2. The van der Waals surface area contributed by atoms with Crippen LogP contribution in [0, 0.1) is 13.8 Å². The first-order chi connectivity index (χ1) is 12.3. The summed E-state index contributed by atoms with van der Waals surface area (Å²) in [6.07, 6.45) is 0.342. The summed E-state index contributed by atoms with van der Waals surface area (Å²) >= 11 is 3.42. The molecule has 0 amide bonds. The Balaban J connectivity index is 1.68. The Morgan fingerprint density at radius 1 is 1.12 bits per heavy atom. The highest BCUT2D eigenvalue weighted by Crippen LogP contribution is 2.25. The molecule has 0 saturated heterocycles. The van der Waals surface area contributed by atoms with Gasteiger partial charge in [0.1, 0.15) is 5.76 Å². The summed E-state index contributed by atoms with van der Waals surface area (Å²) in [7, 11) is -3.78. The second-order valence-corrected chi connectivity index (χ2v) is 8.40. The molecule has 3 rings (SSSR count). The first-order valence-corrected chi connectivity index (χ1v) is 10.2. The lowest BCUT2D eigenvalue weighted by atomic mass is 10.2. The second-order valence-electron chi connectivity index (χ2n) is 5.87. The van der Waals surface area contributed by atoms with Crippen molar-refractivity contribution in [3.8, 4) is 11.5 Å². The maximum Gasteiger partial charge on any atom is 0.296 e. The number of hydrogen-bond acceptors (Lipinski definition) is 5. The molecule has 1 heterocycles. The van der Waals surface area contributed by atoms with E-state index >= 15 is 0 Å². The Morgan fingerprint density at radius 3 is 2.54 bits per heavy atom. The molecule has 0 bridgehead atoms. The number of benzene rings is 2. The van der Waals surface area contributed by atoms with Gasteiger partial charge in [-0.25, -0.2) is 4.98 Å². The van der Waals surface area contributed by atoms with Crippen LogP contribution in [-0.2, 0) is 20.7 Å². The summed E-state index contributed by atoms with van der Waals surface area (Å²) in [6.45, 7) is 3.70. The van der Waals surface area contributed by atoms with Gasteiger partial charge in [0.25, 0.3) is 10.1 Å². The van der Waals surface area contributed by atoms with Gasteiger partial charge in [-0.2, -0.15) is 8.42 Å². The average molecular weight is 436 g/mol. The molecule has 3 aromatic rings. The monoisotopic (exact) mass is 435 g/mol. The summed E-state index contributed by atoms with van der Waals surface area (Å²) in [5, 5.41) is 0. The molecule has 0 fully saturated rings. The summed E-state index contributed by atoms with van der Waals surface area (Å²) in [5.74, 6) is 1.15. The Hall–Kier alpha value is -1.96. The van der Waals surface area contributed by atoms with Gasteiger partial charge in [0, 0.05) is 16.5 Å². The average Bonchev–Trinajstić information content (AvgIpc) is 2.96. The Morgan fingerprint density at radius 2 is 1.85 bits per heavy atom. The number of rotatable bonds is 6. The zero-order valence-corrected chi connectivity index (χ0v) is 16.8. The number of hydrogen-bond donors (Lipinski definition) is 0. The molecule has 2 aromatic carbocycles. The van der Waals surface area contributed by atoms with Gasteiger partial charge < -0.3 is 4.42 Å². The molecule has 0 aliphatic rings. The van der Waals surface area contributed by atoms with Gasteiger partial charge >= 0.3 is 0 Å². The van der Waals surface area contributed by atoms with Gasteiger partial charge in [-0.15, -0.1) is 0 Å². The Kier molecular flexibility index (Phi) is 5.60. The molecular formula is C19H18BrNO4S. The normalized spacial score (nSPS) is 11.7. The van der Waals surface area contributed by atoms with Gasteiger partial charge in [-0.3, -0.25) is 4.18 Å². The third-order valence-corrected chi connectivity index (χ3v) is 5.67. The SMILES string of the molecule is Cc1ccc(S(=O)(=O)OCCc2nc(-c3cccc(Br)c3)oc2C)cc1. The molecule has 0 saturated carbocycles. The third kappa shape index (κ3) is 4.41. The van der Waals surface area contributed by atoms with E-state index < -0.39 is 10.1 Å². The minimum Gasteiger partial charge on any atom is -0.441 e. The summed E-state index contributed by atoms with van der Waals surface area (Å²) < 4.78 is 36.2. The van der Waals surface area contributed by atoms with Crippen molar-refractivity contribution >= 4 is 26.0 Å². The maximum atomic E-state index is 12.2. The van der Waals surface area contributed by atoms with E-state index in [0.29, 0.717) is 23.8 Å². The van der Waals surface area contributed by atoms with Crippen LogP contribution in [0.25, 0.3) is 11.5 Å². The van der Waals surface area contributed by atoms with Crippen LogP contribution in [0.3, 0.4) is 0 Å². The van der Waals surface area contributed by atoms with E-state index in [9.17, 15) is 8.42 Å². The van der Waals surface area contributed by atoms with Gasteiger partial charge in [-0.1, -0.05) is 39.7 Å². The van der Waals surface area contributed by atoms with Crippen LogP contribution in [0.2, 0.25) is 0 Å². The molecule has 0 aliphatic heterocycles. The molecule has 7 heteroatoms. The van der Waals surface area contributed by atoms with E-state index in [2.05, 4.69) is 20.9 Å². The largest absolute Gasteiger partial charge is 0.441 e. The van der Waals surface area contributed by atoms with Gasteiger partial charge in [0.05, 0.1) is 17.2 Å². The van der Waals surface area contributed by atoms with Crippen molar-refractivity contribution in [2.24, 2.45) is 0 Å². The Labute approximate surface area is 161 Å². The highest BCUT2D eigenvalue weighted by Gasteiger charge is 2.17.